The van der Waals surface area contributed by atoms with E-state index in [4.69, 9.17) is 14.5 Å². The lowest BCUT2D eigenvalue weighted by molar-refractivity contribution is 0.0872. The molecule has 0 bridgehead atoms. The molecule has 1 amide bonds. The largest absolute Gasteiger partial charge is 0.495 e. The highest BCUT2D eigenvalue weighted by Crippen LogP contribution is 2.39. The van der Waals surface area contributed by atoms with E-state index in [-0.39, 0.29) is 6.10 Å². The van der Waals surface area contributed by atoms with Crippen molar-refractivity contribution in [1.82, 2.24) is 24.2 Å². The van der Waals surface area contributed by atoms with Crippen molar-refractivity contribution in [2.45, 2.75) is 77.4 Å². The molecular formula is C31H44N6O3. The topological polar surface area (TPSA) is 84.2 Å². The van der Waals surface area contributed by atoms with E-state index in [1.165, 1.54) is 25.9 Å². The summed E-state index contributed by atoms with van der Waals surface area (Å²) in [5.41, 5.74) is 4.36. The van der Waals surface area contributed by atoms with Gasteiger partial charge in [0, 0.05) is 56.1 Å². The zero-order chi connectivity index (χ0) is 28.2. The minimum atomic E-state index is -0.478. The fourth-order valence-corrected chi connectivity index (χ4v) is 6.32. The van der Waals surface area contributed by atoms with E-state index < -0.39 is 6.09 Å². The fourth-order valence-electron chi connectivity index (χ4n) is 6.32. The minimum Gasteiger partial charge on any atom is -0.495 e. The van der Waals surface area contributed by atoms with Gasteiger partial charge in [0.25, 0.3) is 0 Å². The third-order valence-corrected chi connectivity index (χ3v) is 8.60. The molecule has 9 nitrogen and oxygen atoms in total. The maximum atomic E-state index is 12.4. The van der Waals surface area contributed by atoms with Gasteiger partial charge in [0.1, 0.15) is 17.7 Å². The molecule has 40 heavy (non-hydrogen) atoms. The first-order valence-corrected chi connectivity index (χ1v) is 14.8. The number of rotatable bonds is 8. The van der Waals surface area contributed by atoms with Crippen LogP contribution in [0.25, 0.3) is 16.8 Å². The first-order valence-electron chi connectivity index (χ1n) is 14.8. The first-order chi connectivity index (χ1) is 19.4. The summed E-state index contributed by atoms with van der Waals surface area (Å²) in [6.45, 7) is 10.7. The van der Waals surface area contributed by atoms with Crippen molar-refractivity contribution in [1.29, 1.82) is 0 Å². The molecule has 0 spiro atoms. The Morgan fingerprint density at radius 3 is 2.60 bits per heavy atom. The second-order valence-electron chi connectivity index (χ2n) is 11.4. The zero-order valence-corrected chi connectivity index (χ0v) is 24.7. The van der Waals surface area contributed by atoms with Gasteiger partial charge in [-0.2, -0.15) is 0 Å². The second-order valence-corrected chi connectivity index (χ2v) is 11.4. The van der Waals surface area contributed by atoms with Crippen LogP contribution in [0.3, 0.4) is 0 Å². The summed E-state index contributed by atoms with van der Waals surface area (Å²) in [5.74, 6) is 2.09. The number of nitrogens with one attached hydrogen (secondary N) is 1. The van der Waals surface area contributed by atoms with Gasteiger partial charge in [-0.05, 0) is 65.1 Å². The Balaban J connectivity index is 1.37. The summed E-state index contributed by atoms with van der Waals surface area (Å²) in [7, 11) is 3.83. The van der Waals surface area contributed by atoms with Gasteiger partial charge < -0.3 is 14.4 Å². The molecule has 1 atom stereocenters. The predicted octanol–water partition coefficient (Wildman–Crippen LogP) is 5.72. The molecule has 216 valence electrons. The van der Waals surface area contributed by atoms with E-state index in [9.17, 15) is 4.79 Å². The van der Waals surface area contributed by atoms with Gasteiger partial charge in [0.15, 0.2) is 0 Å². The highest BCUT2D eigenvalue weighted by molar-refractivity contribution is 5.89. The van der Waals surface area contributed by atoms with Crippen LogP contribution >= 0.6 is 0 Å². The van der Waals surface area contributed by atoms with E-state index in [1.807, 2.05) is 44.4 Å². The number of imidazole rings is 1. The molecule has 1 N–H and O–H groups in total. The smallest absolute Gasteiger partial charge is 0.412 e. The Kier molecular flexibility index (Phi) is 8.90. The highest BCUT2D eigenvalue weighted by Gasteiger charge is 2.31. The van der Waals surface area contributed by atoms with E-state index in [2.05, 4.69) is 38.5 Å². The van der Waals surface area contributed by atoms with Crippen molar-refractivity contribution in [2.24, 2.45) is 0 Å². The number of carbonyl (C=O) groups excluding carboxylic acids is 1. The first kappa shape index (κ1) is 28.4. The van der Waals surface area contributed by atoms with Gasteiger partial charge in [-0.1, -0.05) is 19.4 Å². The van der Waals surface area contributed by atoms with Crippen molar-refractivity contribution >= 4 is 17.3 Å². The van der Waals surface area contributed by atoms with Crippen LogP contribution in [-0.2, 0) is 4.74 Å². The van der Waals surface area contributed by atoms with Gasteiger partial charge in [-0.25, -0.2) is 9.78 Å². The molecule has 3 heterocycles. The predicted molar refractivity (Wildman–Crippen MR) is 158 cm³/mol. The SMILES string of the molecule is CCC[C@H](C)OC(=O)Nc1ccc(-c2nc(C3CCC(N4CCN(C)CC4)CC3)n3ccnc(C)c23)cc1OC. The molecule has 0 unspecified atom stereocenters. The number of likely N-dealkylation sites (N-methyl/N-ethyl adjacent to an activating group) is 1. The van der Waals surface area contributed by atoms with Gasteiger partial charge in [-0.3, -0.25) is 19.6 Å². The normalized spacial score (nSPS) is 21.3. The highest BCUT2D eigenvalue weighted by atomic mass is 16.6. The quantitative estimate of drug-likeness (QED) is 0.385. The third kappa shape index (κ3) is 6.10. The standard InChI is InChI=1S/C31H44N6O3/c1-6-7-21(2)40-31(38)33-26-13-10-24(20-27(26)39-5)28-29-22(3)32-14-15-37(29)30(34-28)23-8-11-25(12-9-23)36-18-16-35(4)17-19-36/h10,13-15,20-21,23,25H,6-9,11-12,16-19H2,1-5H3,(H,33,38)/t21-,23?,25?/m0/s1. The van der Waals surface area contributed by atoms with E-state index in [0.29, 0.717) is 23.4 Å². The molecule has 1 saturated carbocycles. The summed E-state index contributed by atoms with van der Waals surface area (Å²) >= 11 is 0. The van der Waals surface area contributed by atoms with Crippen molar-refractivity contribution in [3.63, 3.8) is 0 Å². The van der Waals surface area contributed by atoms with Gasteiger partial charge in [0.2, 0.25) is 0 Å². The summed E-state index contributed by atoms with van der Waals surface area (Å²) in [6.07, 6.45) is 9.78. The van der Waals surface area contributed by atoms with E-state index in [0.717, 1.165) is 67.1 Å². The number of nitrogens with zero attached hydrogens (tertiary/aromatic N) is 5. The Morgan fingerprint density at radius 1 is 1.15 bits per heavy atom. The molecule has 0 radical (unpaired) electrons. The van der Waals surface area contributed by atoms with Crippen LogP contribution in [0.15, 0.2) is 30.6 Å². The molecule has 1 saturated heterocycles. The Labute approximate surface area is 237 Å². The summed E-state index contributed by atoms with van der Waals surface area (Å²) in [6, 6.07) is 6.46. The molecule has 5 rings (SSSR count). The Hall–Kier alpha value is -3.17. The number of piperazine rings is 1. The molecule has 2 aliphatic rings. The lowest BCUT2D eigenvalue weighted by Crippen LogP contribution is -2.49. The van der Waals surface area contributed by atoms with E-state index >= 15 is 0 Å². The number of carbonyl (C=O) groups is 1. The summed E-state index contributed by atoms with van der Waals surface area (Å²) < 4.78 is 13.4. The van der Waals surface area contributed by atoms with Gasteiger partial charge >= 0.3 is 6.09 Å². The number of anilines is 1. The van der Waals surface area contributed by atoms with Crippen LogP contribution < -0.4 is 10.1 Å². The molecule has 1 aromatic carbocycles. The number of amides is 1. The number of hydrogen-bond donors (Lipinski definition) is 1. The number of aryl methyl sites for hydroxylation is 1. The van der Waals surface area contributed by atoms with Crippen LogP contribution in [0.5, 0.6) is 5.75 Å². The molecule has 2 aromatic heterocycles. The zero-order valence-electron chi connectivity index (χ0n) is 24.7. The number of benzene rings is 1. The number of fused-ring (bicyclic) bond motifs is 1. The molecule has 1 aliphatic carbocycles. The summed E-state index contributed by atoms with van der Waals surface area (Å²) in [4.78, 5) is 27.4. The van der Waals surface area contributed by atoms with Crippen molar-refractivity contribution in [3.05, 3.63) is 42.1 Å². The van der Waals surface area contributed by atoms with Crippen LogP contribution in [0.4, 0.5) is 10.5 Å². The number of methoxy groups -OCH3 is 1. The van der Waals surface area contributed by atoms with Gasteiger partial charge in [-0.15, -0.1) is 0 Å². The van der Waals surface area contributed by atoms with Crippen molar-refractivity contribution in [2.75, 3.05) is 45.7 Å². The fraction of sp³-hybridized carbons (Fsp3) is 0.581. The average Bonchev–Trinajstić information content (AvgIpc) is 3.35. The van der Waals surface area contributed by atoms with Crippen molar-refractivity contribution < 1.29 is 14.3 Å². The average molecular weight is 549 g/mol. The molecule has 9 heteroatoms. The molecule has 1 aliphatic heterocycles. The number of hydrogen-bond acceptors (Lipinski definition) is 7. The van der Waals surface area contributed by atoms with Gasteiger partial charge in [0.05, 0.1) is 29.7 Å². The molecule has 3 aromatic rings. The van der Waals surface area contributed by atoms with Crippen LogP contribution in [0.1, 0.15) is 69.8 Å². The minimum absolute atomic E-state index is 0.141. The third-order valence-electron chi connectivity index (χ3n) is 8.60. The van der Waals surface area contributed by atoms with Crippen LogP contribution in [0, 0.1) is 6.92 Å². The summed E-state index contributed by atoms with van der Waals surface area (Å²) in [5, 5.41) is 2.84. The monoisotopic (exact) mass is 548 g/mol. The molecule has 2 fully saturated rings. The number of aromatic nitrogens is 3. The Morgan fingerprint density at radius 2 is 1.90 bits per heavy atom. The molecular weight excluding hydrogens is 504 g/mol. The Bertz CT molecular complexity index is 1310. The maximum absolute atomic E-state index is 12.4. The lowest BCUT2D eigenvalue weighted by Gasteiger charge is -2.41. The van der Waals surface area contributed by atoms with Crippen LogP contribution in [-0.4, -0.2) is 82.7 Å². The lowest BCUT2D eigenvalue weighted by atomic mass is 9.84. The number of ether oxygens (including phenoxy) is 2. The maximum Gasteiger partial charge on any atom is 0.412 e. The van der Waals surface area contributed by atoms with Crippen molar-refractivity contribution in [3.8, 4) is 17.0 Å². The van der Waals surface area contributed by atoms with Crippen LogP contribution in [0.2, 0.25) is 0 Å². The second kappa shape index (κ2) is 12.6. The van der Waals surface area contributed by atoms with E-state index in [1.54, 1.807) is 7.11 Å².